The third kappa shape index (κ3) is 3.18. The Morgan fingerprint density at radius 1 is 1.47 bits per heavy atom. The summed E-state index contributed by atoms with van der Waals surface area (Å²) in [6, 6.07) is 4.44. The normalized spacial score (nSPS) is 24.5. The molecule has 1 aliphatic heterocycles. The highest BCUT2D eigenvalue weighted by Gasteiger charge is 2.35. The summed E-state index contributed by atoms with van der Waals surface area (Å²) in [5.41, 5.74) is 0.380. The van der Waals surface area contributed by atoms with Crippen LogP contribution in [-0.4, -0.2) is 42.7 Å². The Bertz CT molecular complexity index is 429. The van der Waals surface area contributed by atoms with Gasteiger partial charge in [-0.2, -0.15) is 0 Å². The van der Waals surface area contributed by atoms with E-state index in [-0.39, 0.29) is 23.1 Å². The van der Waals surface area contributed by atoms with Crippen LogP contribution in [0, 0.1) is 0 Å². The van der Waals surface area contributed by atoms with Crippen LogP contribution in [0.3, 0.4) is 0 Å². The predicted octanol–water partition coefficient (Wildman–Crippen LogP) is 1.55. The topological polar surface area (TPSA) is 71.0 Å². The van der Waals surface area contributed by atoms with Crippen LogP contribution in [0.1, 0.15) is 24.9 Å². The predicted molar refractivity (Wildman–Crippen MR) is 71.4 cm³/mol. The van der Waals surface area contributed by atoms with Crippen LogP contribution in [0.2, 0.25) is 0 Å². The van der Waals surface area contributed by atoms with E-state index in [1.807, 2.05) is 6.92 Å². The summed E-state index contributed by atoms with van der Waals surface area (Å²) in [5, 5.41) is 22.6. The Morgan fingerprint density at radius 3 is 2.89 bits per heavy atom. The third-order valence-electron chi connectivity index (χ3n) is 3.71. The molecule has 1 heterocycles. The largest absolute Gasteiger partial charge is 0.508 e. The molecular weight excluding hydrogens is 246 g/mol. The summed E-state index contributed by atoms with van der Waals surface area (Å²) in [6.45, 7) is 3.87. The molecule has 106 valence electrons. The van der Waals surface area contributed by atoms with Gasteiger partial charge in [0.25, 0.3) is 0 Å². The lowest BCUT2D eigenvalue weighted by atomic mass is 10.0. The van der Waals surface area contributed by atoms with E-state index in [4.69, 9.17) is 9.47 Å². The lowest BCUT2D eigenvalue weighted by Crippen LogP contribution is -2.43. The van der Waals surface area contributed by atoms with Gasteiger partial charge in [-0.1, -0.05) is 0 Å². The minimum atomic E-state index is -0.291. The van der Waals surface area contributed by atoms with Crippen LogP contribution in [0.25, 0.3) is 0 Å². The minimum absolute atomic E-state index is 0.0836. The van der Waals surface area contributed by atoms with Crippen molar-refractivity contribution in [2.45, 2.75) is 25.0 Å². The van der Waals surface area contributed by atoms with Gasteiger partial charge >= 0.3 is 0 Å². The SMILES string of the molecule is COC1(CNC(C)c2cc(O)ccc2O)CCOC1. The number of methoxy groups -OCH3 is 1. The maximum atomic E-state index is 9.81. The summed E-state index contributed by atoms with van der Waals surface area (Å²) in [6.07, 6.45) is 0.856. The zero-order valence-corrected chi connectivity index (χ0v) is 11.3. The van der Waals surface area contributed by atoms with E-state index < -0.39 is 0 Å². The van der Waals surface area contributed by atoms with Gasteiger partial charge in [0.05, 0.1) is 6.61 Å². The van der Waals surface area contributed by atoms with Crippen molar-refractivity contribution in [2.24, 2.45) is 0 Å². The average Bonchev–Trinajstić information content (AvgIpc) is 2.88. The number of hydrogen-bond acceptors (Lipinski definition) is 5. The van der Waals surface area contributed by atoms with Gasteiger partial charge in [-0.3, -0.25) is 0 Å². The molecule has 0 spiro atoms. The van der Waals surface area contributed by atoms with Crippen LogP contribution in [0.5, 0.6) is 11.5 Å². The summed E-state index contributed by atoms with van der Waals surface area (Å²) < 4.78 is 10.9. The first-order chi connectivity index (χ1) is 9.06. The van der Waals surface area contributed by atoms with Gasteiger partial charge in [-0.15, -0.1) is 0 Å². The van der Waals surface area contributed by atoms with Gasteiger partial charge in [0.15, 0.2) is 0 Å². The van der Waals surface area contributed by atoms with Crippen LogP contribution >= 0.6 is 0 Å². The molecule has 5 heteroatoms. The molecule has 0 bridgehead atoms. The van der Waals surface area contributed by atoms with Crippen molar-refractivity contribution in [2.75, 3.05) is 26.9 Å². The zero-order chi connectivity index (χ0) is 13.9. The molecule has 0 aromatic heterocycles. The molecule has 0 radical (unpaired) electrons. The molecule has 19 heavy (non-hydrogen) atoms. The van der Waals surface area contributed by atoms with E-state index in [0.29, 0.717) is 25.3 Å². The van der Waals surface area contributed by atoms with Gasteiger partial charge in [0.2, 0.25) is 0 Å². The van der Waals surface area contributed by atoms with Crippen LogP contribution in [-0.2, 0) is 9.47 Å². The van der Waals surface area contributed by atoms with E-state index in [1.54, 1.807) is 13.2 Å². The van der Waals surface area contributed by atoms with Gasteiger partial charge in [0, 0.05) is 38.3 Å². The molecule has 1 aromatic carbocycles. The Kier molecular flexibility index (Phi) is 4.29. The maximum absolute atomic E-state index is 9.81. The monoisotopic (exact) mass is 267 g/mol. The van der Waals surface area contributed by atoms with Crippen LogP contribution in [0.4, 0.5) is 0 Å². The van der Waals surface area contributed by atoms with E-state index in [9.17, 15) is 10.2 Å². The number of phenolic OH excluding ortho intramolecular Hbond substituents is 2. The quantitative estimate of drug-likeness (QED) is 0.706. The fourth-order valence-corrected chi connectivity index (χ4v) is 2.30. The van der Waals surface area contributed by atoms with Gasteiger partial charge in [-0.25, -0.2) is 0 Å². The highest BCUT2D eigenvalue weighted by atomic mass is 16.5. The fraction of sp³-hybridized carbons (Fsp3) is 0.571. The summed E-state index contributed by atoms with van der Waals surface area (Å²) in [5.74, 6) is 0.319. The Labute approximate surface area is 113 Å². The Hall–Kier alpha value is -1.30. The van der Waals surface area contributed by atoms with Crippen LogP contribution in [0.15, 0.2) is 18.2 Å². The van der Waals surface area contributed by atoms with Crippen molar-refractivity contribution in [1.82, 2.24) is 5.32 Å². The molecule has 0 amide bonds. The Balaban J connectivity index is 2.00. The molecule has 2 rings (SSSR count). The van der Waals surface area contributed by atoms with E-state index in [2.05, 4.69) is 5.32 Å². The summed E-state index contributed by atoms with van der Waals surface area (Å²) in [7, 11) is 1.69. The van der Waals surface area contributed by atoms with E-state index >= 15 is 0 Å². The number of aromatic hydroxyl groups is 2. The second kappa shape index (κ2) is 5.77. The first-order valence-electron chi connectivity index (χ1n) is 6.44. The van der Waals surface area contributed by atoms with Gasteiger partial charge < -0.3 is 25.0 Å². The van der Waals surface area contributed by atoms with Crippen molar-refractivity contribution >= 4 is 0 Å². The average molecular weight is 267 g/mol. The van der Waals surface area contributed by atoms with Crippen LogP contribution < -0.4 is 5.32 Å². The smallest absolute Gasteiger partial charge is 0.120 e. The zero-order valence-electron chi connectivity index (χ0n) is 11.3. The van der Waals surface area contributed by atoms with E-state index in [0.717, 1.165) is 6.42 Å². The van der Waals surface area contributed by atoms with Gasteiger partial charge in [-0.05, 0) is 25.1 Å². The Morgan fingerprint density at radius 2 is 2.26 bits per heavy atom. The molecule has 3 N–H and O–H groups in total. The molecule has 0 aliphatic carbocycles. The van der Waals surface area contributed by atoms with E-state index in [1.165, 1.54) is 12.1 Å². The second-order valence-electron chi connectivity index (χ2n) is 5.04. The number of hydrogen-bond donors (Lipinski definition) is 3. The maximum Gasteiger partial charge on any atom is 0.120 e. The lowest BCUT2D eigenvalue weighted by molar-refractivity contribution is -0.0172. The minimum Gasteiger partial charge on any atom is -0.508 e. The van der Waals surface area contributed by atoms with Crippen molar-refractivity contribution < 1.29 is 19.7 Å². The van der Waals surface area contributed by atoms with Crippen molar-refractivity contribution in [3.05, 3.63) is 23.8 Å². The second-order valence-corrected chi connectivity index (χ2v) is 5.04. The molecule has 1 fully saturated rings. The molecule has 2 unspecified atom stereocenters. The molecule has 0 saturated carbocycles. The first kappa shape index (κ1) is 14.1. The highest BCUT2D eigenvalue weighted by molar-refractivity contribution is 5.40. The first-order valence-corrected chi connectivity index (χ1v) is 6.44. The van der Waals surface area contributed by atoms with Crippen molar-refractivity contribution in [3.8, 4) is 11.5 Å². The number of benzene rings is 1. The fourth-order valence-electron chi connectivity index (χ4n) is 2.30. The van der Waals surface area contributed by atoms with Gasteiger partial charge in [0.1, 0.15) is 17.1 Å². The molecule has 1 saturated heterocycles. The number of ether oxygens (including phenoxy) is 2. The van der Waals surface area contributed by atoms with Crippen molar-refractivity contribution in [3.63, 3.8) is 0 Å². The number of rotatable bonds is 5. The molecule has 5 nitrogen and oxygen atoms in total. The number of nitrogens with one attached hydrogen (secondary N) is 1. The highest BCUT2D eigenvalue weighted by Crippen LogP contribution is 2.29. The number of phenols is 2. The van der Waals surface area contributed by atoms with Crippen molar-refractivity contribution in [1.29, 1.82) is 0 Å². The summed E-state index contributed by atoms with van der Waals surface area (Å²) >= 11 is 0. The molecule has 1 aliphatic rings. The molecular formula is C14H21NO4. The molecule has 1 aromatic rings. The lowest BCUT2D eigenvalue weighted by Gasteiger charge is -2.28. The molecule has 2 atom stereocenters. The standard InChI is InChI=1S/C14H21NO4/c1-10(12-7-11(16)3-4-13(12)17)15-8-14(18-2)5-6-19-9-14/h3-4,7,10,15-17H,5-6,8-9H2,1-2H3. The third-order valence-corrected chi connectivity index (χ3v) is 3.71. The summed E-state index contributed by atoms with van der Waals surface area (Å²) in [4.78, 5) is 0.